The molecule has 1 aromatic heterocycles. The number of halogens is 1. The van der Waals surface area contributed by atoms with Crippen LogP contribution in [0.4, 0.5) is 24.6 Å². The van der Waals surface area contributed by atoms with Gasteiger partial charge in [0, 0.05) is 31.2 Å². The van der Waals surface area contributed by atoms with Gasteiger partial charge in [-0.3, -0.25) is 4.90 Å². The van der Waals surface area contributed by atoms with E-state index < -0.39 is 41.2 Å². The van der Waals surface area contributed by atoms with Crippen LogP contribution >= 0.6 is 0 Å². The maximum Gasteiger partial charge on any atom is 0.416 e. The Morgan fingerprint density at radius 3 is 2.05 bits per heavy atom. The number of nitrogens with zero attached hydrogens (tertiary/aromatic N) is 4. The van der Waals surface area contributed by atoms with Crippen molar-refractivity contribution in [1.82, 2.24) is 14.8 Å². The molecule has 2 heterocycles. The maximum absolute atomic E-state index is 13.9. The first-order valence-corrected chi connectivity index (χ1v) is 19.0. The lowest BCUT2D eigenvalue weighted by atomic mass is 9.98. The number of aryl methyl sites for hydroxylation is 1. The van der Waals surface area contributed by atoms with Gasteiger partial charge in [0.2, 0.25) is 0 Å². The van der Waals surface area contributed by atoms with Gasteiger partial charge >= 0.3 is 18.3 Å². The van der Waals surface area contributed by atoms with Crippen molar-refractivity contribution in [1.29, 1.82) is 0 Å². The summed E-state index contributed by atoms with van der Waals surface area (Å²) in [6.45, 7) is 19.9. The highest BCUT2D eigenvalue weighted by molar-refractivity contribution is 5.86. The summed E-state index contributed by atoms with van der Waals surface area (Å²) in [5.74, 6) is -0.0599. The highest BCUT2D eigenvalue weighted by Gasteiger charge is 2.38. The Kier molecular flexibility index (Phi) is 14.3. The molecule has 1 fully saturated rings. The Balaban J connectivity index is 1.56. The van der Waals surface area contributed by atoms with E-state index in [9.17, 15) is 18.8 Å². The van der Waals surface area contributed by atoms with Crippen LogP contribution in [0, 0.1) is 18.7 Å². The SMILES string of the molecule is Cc1cc(C[C@@H]2CN(C(=O)OC(C)(C)C)C[C@H]2OCCN(CCc2cccc(F)c2)C(=O)OC(C)(C)C)nc(N(Cc2ccccc2)C(=O)OC(C)(C)C)c1. The second-order valence-electron chi connectivity index (χ2n) is 17.2. The van der Waals surface area contributed by atoms with Gasteiger partial charge in [-0.15, -0.1) is 0 Å². The summed E-state index contributed by atoms with van der Waals surface area (Å²) in [5, 5.41) is 0. The number of rotatable bonds is 12. The molecule has 2 aromatic carbocycles. The number of amides is 3. The summed E-state index contributed by atoms with van der Waals surface area (Å²) in [7, 11) is 0. The number of likely N-dealkylation sites (tertiary alicyclic amines) is 1. The third-order valence-corrected chi connectivity index (χ3v) is 8.49. The zero-order chi connectivity index (χ0) is 40.6. The minimum absolute atomic E-state index is 0.168. The van der Waals surface area contributed by atoms with Crippen LogP contribution in [0.2, 0.25) is 0 Å². The predicted octanol–water partition coefficient (Wildman–Crippen LogP) is 8.75. The average Bonchev–Trinajstić information content (AvgIpc) is 3.45. The molecule has 11 nitrogen and oxygen atoms in total. The number of ether oxygens (including phenoxy) is 4. The number of pyridine rings is 1. The van der Waals surface area contributed by atoms with Gasteiger partial charge in [-0.2, -0.15) is 0 Å². The summed E-state index contributed by atoms with van der Waals surface area (Å²) in [5.41, 5.74) is 1.22. The normalized spacial score (nSPS) is 16.1. The molecule has 1 aliphatic rings. The van der Waals surface area contributed by atoms with E-state index in [0.717, 1.165) is 22.4 Å². The number of carbonyl (C=O) groups is 3. The lowest BCUT2D eigenvalue weighted by Gasteiger charge is -2.28. The van der Waals surface area contributed by atoms with Gasteiger partial charge in [0.05, 0.1) is 25.8 Å². The number of benzene rings is 2. The minimum atomic E-state index is -0.712. The summed E-state index contributed by atoms with van der Waals surface area (Å²) >= 11 is 0. The summed E-state index contributed by atoms with van der Waals surface area (Å²) in [6, 6.07) is 19.8. The van der Waals surface area contributed by atoms with Gasteiger partial charge in [-0.05, 0) is 123 Å². The first kappa shape index (κ1) is 43.0. The van der Waals surface area contributed by atoms with Crippen molar-refractivity contribution >= 4 is 24.1 Å². The van der Waals surface area contributed by atoms with E-state index >= 15 is 0 Å². The first-order valence-electron chi connectivity index (χ1n) is 19.0. The predicted molar refractivity (Wildman–Crippen MR) is 210 cm³/mol. The summed E-state index contributed by atoms with van der Waals surface area (Å²) in [6.07, 6.45) is -0.972. The second-order valence-corrected chi connectivity index (χ2v) is 17.2. The van der Waals surface area contributed by atoms with Gasteiger partial charge < -0.3 is 28.7 Å². The van der Waals surface area contributed by atoms with Gasteiger partial charge in [0.15, 0.2) is 0 Å². The van der Waals surface area contributed by atoms with E-state index in [4.69, 9.17) is 23.9 Å². The summed E-state index contributed by atoms with van der Waals surface area (Å²) < 4.78 is 37.6. The van der Waals surface area contributed by atoms with E-state index in [-0.39, 0.29) is 38.0 Å². The monoisotopic (exact) mass is 762 g/mol. The van der Waals surface area contributed by atoms with E-state index in [1.165, 1.54) is 12.1 Å². The van der Waals surface area contributed by atoms with E-state index in [1.807, 2.05) is 97.0 Å². The molecule has 4 rings (SSSR count). The molecule has 0 saturated carbocycles. The molecule has 12 heteroatoms. The van der Waals surface area contributed by atoms with Gasteiger partial charge in [0.25, 0.3) is 0 Å². The maximum atomic E-state index is 13.9. The third kappa shape index (κ3) is 14.5. The van der Waals surface area contributed by atoms with E-state index in [2.05, 4.69) is 0 Å². The van der Waals surface area contributed by atoms with Crippen molar-refractivity contribution in [2.24, 2.45) is 5.92 Å². The molecule has 3 aromatic rings. The fourth-order valence-corrected chi connectivity index (χ4v) is 6.15. The van der Waals surface area contributed by atoms with Crippen LogP contribution in [-0.2, 0) is 38.3 Å². The lowest BCUT2D eigenvalue weighted by molar-refractivity contribution is -0.000927. The van der Waals surface area contributed by atoms with Crippen molar-refractivity contribution in [3.63, 3.8) is 0 Å². The van der Waals surface area contributed by atoms with E-state index in [1.54, 1.807) is 41.5 Å². The zero-order valence-corrected chi connectivity index (χ0v) is 34.2. The molecule has 0 unspecified atom stereocenters. The van der Waals surface area contributed by atoms with Crippen LogP contribution in [0.1, 0.15) is 84.7 Å². The third-order valence-electron chi connectivity index (χ3n) is 8.49. The van der Waals surface area contributed by atoms with Crippen LogP contribution < -0.4 is 4.90 Å². The van der Waals surface area contributed by atoms with Gasteiger partial charge in [0.1, 0.15) is 28.4 Å². The molecule has 0 radical (unpaired) electrons. The Hall–Kier alpha value is -4.71. The van der Waals surface area contributed by atoms with Crippen molar-refractivity contribution in [2.75, 3.05) is 37.7 Å². The smallest absolute Gasteiger partial charge is 0.416 e. The highest BCUT2D eigenvalue weighted by atomic mass is 19.1. The van der Waals surface area contributed by atoms with Crippen LogP contribution in [0.15, 0.2) is 66.7 Å². The number of hydrogen-bond acceptors (Lipinski definition) is 8. The second kappa shape index (κ2) is 18.3. The number of hydrogen-bond donors (Lipinski definition) is 0. The van der Waals surface area contributed by atoms with Crippen LogP contribution in [0.3, 0.4) is 0 Å². The van der Waals surface area contributed by atoms with E-state index in [0.29, 0.717) is 31.7 Å². The molecule has 0 aliphatic carbocycles. The molecule has 2 atom stereocenters. The Morgan fingerprint density at radius 2 is 1.42 bits per heavy atom. The van der Waals surface area contributed by atoms with Crippen LogP contribution in [0.5, 0.6) is 0 Å². The fourth-order valence-electron chi connectivity index (χ4n) is 6.15. The summed E-state index contributed by atoms with van der Waals surface area (Å²) in [4.78, 5) is 49.9. The fraction of sp³-hybridized carbons (Fsp3) is 0.535. The van der Waals surface area contributed by atoms with Gasteiger partial charge in [-0.25, -0.2) is 23.8 Å². The molecule has 0 spiro atoms. The molecule has 300 valence electrons. The molecule has 3 amide bonds. The van der Waals surface area contributed by atoms with Crippen LogP contribution in [-0.4, -0.2) is 88.8 Å². The number of aromatic nitrogens is 1. The molecule has 1 aliphatic heterocycles. The molecular weight excluding hydrogens is 703 g/mol. The minimum Gasteiger partial charge on any atom is -0.444 e. The van der Waals surface area contributed by atoms with Crippen molar-refractivity contribution in [3.8, 4) is 0 Å². The Bertz CT molecular complexity index is 1750. The highest BCUT2D eigenvalue weighted by Crippen LogP contribution is 2.28. The van der Waals surface area contributed by atoms with Crippen LogP contribution in [0.25, 0.3) is 0 Å². The lowest BCUT2D eigenvalue weighted by Crippen LogP contribution is -2.41. The quantitative estimate of drug-likeness (QED) is 0.169. The molecular formula is C43H59FN4O7. The largest absolute Gasteiger partial charge is 0.444 e. The molecule has 0 bridgehead atoms. The molecule has 55 heavy (non-hydrogen) atoms. The topological polar surface area (TPSA) is 111 Å². The van der Waals surface area contributed by atoms with Gasteiger partial charge in [-0.1, -0.05) is 42.5 Å². The Labute approximate surface area is 326 Å². The van der Waals surface area contributed by atoms with Crippen molar-refractivity contribution < 1.29 is 37.7 Å². The number of anilines is 1. The molecule has 1 saturated heterocycles. The first-order chi connectivity index (χ1) is 25.6. The zero-order valence-electron chi connectivity index (χ0n) is 34.2. The Morgan fingerprint density at radius 1 is 0.782 bits per heavy atom. The standard InChI is InChI=1S/C43H59FN4O7/c1-30-23-35(45-37(24-30)48(40(51)55-43(8,9)10)27-32-15-12-11-13-16-32)26-33-28-47(39(50)54-42(5,6)7)29-36(33)52-22-21-46(38(49)53-41(2,3)4)20-19-31-17-14-18-34(44)25-31/h11-18,23-25,33,36H,19-22,26-29H2,1-10H3/t33-,36-/m1/s1. The van der Waals surface area contributed by atoms with Crippen molar-refractivity contribution in [2.45, 2.75) is 112 Å². The number of carbonyl (C=O) groups excluding carboxylic acids is 3. The average molecular weight is 763 g/mol. The molecule has 0 N–H and O–H groups in total. The van der Waals surface area contributed by atoms with Crippen molar-refractivity contribution in [3.05, 3.63) is 94.9 Å².